The standard InChI is InChI=1S/C19H21F3N2O3/c1-10(11-5-7-14(27-2)8-6-11)23-17(25)15-12-3-4-13(9-12)16(15)24-18(26)19(20,21)22/h3-8,10,12-13,15-16H,9H2,1-2H3,(H,23,25)(H,24,26)/t10-,12+,13-,15+,16-/m1/s1. The smallest absolute Gasteiger partial charge is 0.471 e. The van der Waals surface area contributed by atoms with E-state index in [0.29, 0.717) is 12.2 Å². The quantitative estimate of drug-likeness (QED) is 0.770. The second-order valence-electron chi connectivity index (χ2n) is 6.97. The van der Waals surface area contributed by atoms with Crippen molar-refractivity contribution in [1.29, 1.82) is 0 Å². The van der Waals surface area contributed by atoms with E-state index in [1.54, 1.807) is 32.2 Å². The van der Waals surface area contributed by atoms with Crippen LogP contribution in [0.25, 0.3) is 0 Å². The van der Waals surface area contributed by atoms with Gasteiger partial charge >= 0.3 is 12.1 Å². The Balaban J connectivity index is 1.70. The number of methoxy groups -OCH3 is 1. The predicted octanol–water partition coefficient (Wildman–Crippen LogP) is 2.74. The zero-order valence-electron chi connectivity index (χ0n) is 14.9. The maximum absolute atomic E-state index is 12.8. The van der Waals surface area contributed by atoms with Crippen molar-refractivity contribution in [2.45, 2.75) is 31.6 Å². The molecular formula is C19H21F3N2O3. The van der Waals surface area contributed by atoms with Gasteiger partial charge in [0.2, 0.25) is 5.91 Å². The summed E-state index contributed by atoms with van der Waals surface area (Å²) in [5, 5.41) is 4.87. The average Bonchev–Trinajstić information content (AvgIpc) is 3.22. The number of benzene rings is 1. The van der Waals surface area contributed by atoms with Crippen LogP contribution in [-0.4, -0.2) is 31.1 Å². The molecule has 0 heterocycles. The fraction of sp³-hybridized carbons (Fsp3) is 0.474. The SMILES string of the molecule is COc1ccc([C@@H](C)NC(=O)[C@@H]2[C@H](NC(=O)C(F)(F)F)[C@@H]3C=C[C@H]2C3)cc1. The molecule has 0 radical (unpaired) electrons. The molecule has 0 aromatic heterocycles. The van der Waals surface area contributed by atoms with Crippen LogP contribution in [0.4, 0.5) is 13.2 Å². The monoisotopic (exact) mass is 382 g/mol. The Morgan fingerprint density at radius 2 is 1.78 bits per heavy atom. The molecule has 0 saturated heterocycles. The van der Waals surface area contributed by atoms with Gasteiger partial charge in [-0.1, -0.05) is 24.3 Å². The molecule has 2 N–H and O–H groups in total. The Hall–Kier alpha value is -2.51. The molecule has 146 valence electrons. The fourth-order valence-corrected chi connectivity index (χ4v) is 3.90. The van der Waals surface area contributed by atoms with Gasteiger partial charge < -0.3 is 15.4 Å². The Labute approximate surface area is 155 Å². The maximum atomic E-state index is 12.8. The van der Waals surface area contributed by atoms with Crippen LogP contribution in [-0.2, 0) is 9.59 Å². The molecule has 5 nitrogen and oxygen atoms in total. The van der Waals surface area contributed by atoms with Crippen molar-refractivity contribution >= 4 is 11.8 Å². The Morgan fingerprint density at radius 1 is 1.15 bits per heavy atom. The lowest BCUT2D eigenvalue weighted by molar-refractivity contribution is -0.175. The van der Waals surface area contributed by atoms with Gasteiger partial charge in [0.1, 0.15) is 5.75 Å². The summed E-state index contributed by atoms with van der Waals surface area (Å²) in [6, 6.07) is 5.98. The van der Waals surface area contributed by atoms with Crippen molar-refractivity contribution in [2.24, 2.45) is 17.8 Å². The average molecular weight is 382 g/mol. The molecule has 2 aliphatic rings. The first-order chi connectivity index (χ1) is 12.7. The Kier molecular flexibility index (Phi) is 5.17. The largest absolute Gasteiger partial charge is 0.497 e. The molecule has 27 heavy (non-hydrogen) atoms. The predicted molar refractivity (Wildman–Crippen MR) is 91.8 cm³/mol. The molecular weight excluding hydrogens is 361 g/mol. The highest BCUT2D eigenvalue weighted by atomic mass is 19.4. The van der Waals surface area contributed by atoms with E-state index in [4.69, 9.17) is 4.74 Å². The molecule has 8 heteroatoms. The highest BCUT2D eigenvalue weighted by molar-refractivity contribution is 5.85. The topological polar surface area (TPSA) is 67.4 Å². The summed E-state index contributed by atoms with van der Waals surface area (Å²) in [5.41, 5.74) is 0.846. The number of hydrogen-bond acceptors (Lipinski definition) is 3. The van der Waals surface area contributed by atoms with E-state index >= 15 is 0 Å². The molecule has 1 aromatic rings. The zero-order chi connectivity index (χ0) is 19.8. The molecule has 0 unspecified atom stereocenters. The fourth-order valence-electron chi connectivity index (χ4n) is 3.90. The molecule has 0 spiro atoms. The Bertz CT molecular complexity index is 746. The lowest BCUT2D eigenvalue weighted by Gasteiger charge is -2.29. The summed E-state index contributed by atoms with van der Waals surface area (Å²) in [5.74, 6) is -2.82. The lowest BCUT2D eigenvalue weighted by Crippen LogP contribution is -2.52. The van der Waals surface area contributed by atoms with Crippen LogP contribution >= 0.6 is 0 Å². The molecule has 1 aromatic carbocycles. The summed E-state index contributed by atoms with van der Waals surface area (Å²) in [6.45, 7) is 1.80. The van der Waals surface area contributed by atoms with Gasteiger partial charge in [-0.15, -0.1) is 0 Å². The molecule has 5 atom stereocenters. The lowest BCUT2D eigenvalue weighted by atomic mass is 9.87. The number of carbonyl (C=O) groups excluding carboxylic acids is 2. The zero-order valence-corrected chi connectivity index (χ0v) is 14.9. The number of fused-ring (bicyclic) bond motifs is 2. The van der Waals surface area contributed by atoms with Crippen molar-refractivity contribution in [2.75, 3.05) is 7.11 Å². The van der Waals surface area contributed by atoms with E-state index in [2.05, 4.69) is 5.32 Å². The van der Waals surface area contributed by atoms with Gasteiger partial charge in [-0.05, 0) is 42.9 Å². The third-order valence-electron chi connectivity index (χ3n) is 5.29. The second-order valence-corrected chi connectivity index (χ2v) is 6.97. The molecule has 0 aliphatic heterocycles. The normalized spacial score (nSPS) is 27.3. The van der Waals surface area contributed by atoms with Gasteiger partial charge in [-0.2, -0.15) is 13.2 Å². The number of halogens is 3. The highest BCUT2D eigenvalue weighted by Gasteiger charge is 2.51. The number of ether oxygens (including phenoxy) is 1. The van der Waals surface area contributed by atoms with E-state index in [9.17, 15) is 22.8 Å². The number of allylic oxidation sites excluding steroid dienone is 1. The van der Waals surface area contributed by atoms with Crippen molar-refractivity contribution < 1.29 is 27.5 Å². The van der Waals surface area contributed by atoms with E-state index < -0.39 is 24.0 Å². The first-order valence-corrected chi connectivity index (χ1v) is 8.71. The van der Waals surface area contributed by atoms with Crippen molar-refractivity contribution in [3.63, 3.8) is 0 Å². The van der Waals surface area contributed by atoms with Crippen LogP contribution in [0.1, 0.15) is 24.9 Å². The summed E-state index contributed by atoms with van der Waals surface area (Å²) in [6.07, 6.45) is -0.771. The van der Waals surface area contributed by atoms with Crippen molar-refractivity contribution in [1.82, 2.24) is 10.6 Å². The molecule has 2 bridgehead atoms. The van der Waals surface area contributed by atoms with Gasteiger partial charge in [0.25, 0.3) is 0 Å². The minimum atomic E-state index is -4.97. The third kappa shape index (κ3) is 3.94. The number of rotatable bonds is 5. The van der Waals surface area contributed by atoms with Crippen LogP contribution in [0.2, 0.25) is 0 Å². The number of amides is 2. The number of nitrogens with one attached hydrogen (secondary N) is 2. The van der Waals surface area contributed by atoms with Gasteiger partial charge in [-0.25, -0.2) is 0 Å². The summed E-state index contributed by atoms with van der Waals surface area (Å²) >= 11 is 0. The highest BCUT2D eigenvalue weighted by Crippen LogP contribution is 2.44. The van der Waals surface area contributed by atoms with Crippen LogP contribution in [0.3, 0.4) is 0 Å². The van der Waals surface area contributed by atoms with E-state index in [-0.39, 0.29) is 23.8 Å². The number of alkyl halides is 3. The maximum Gasteiger partial charge on any atom is 0.471 e. The second kappa shape index (κ2) is 7.25. The molecule has 3 rings (SSSR count). The number of hydrogen-bond donors (Lipinski definition) is 2. The first kappa shape index (κ1) is 19.3. The minimum absolute atomic E-state index is 0.170. The van der Waals surface area contributed by atoms with E-state index in [1.165, 1.54) is 0 Å². The summed E-state index contributed by atoms with van der Waals surface area (Å²) < 4.78 is 43.0. The molecule has 1 fully saturated rings. The van der Waals surface area contributed by atoms with Gasteiger partial charge in [-0.3, -0.25) is 9.59 Å². The molecule has 2 amide bonds. The van der Waals surface area contributed by atoms with Crippen LogP contribution < -0.4 is 15.4 Å². The van der Waals surface area contributed by atoms with Crippen molar-refractivity contribution in [3.05, 3.63) is 42.0 Å². The molecule has 2 aliphatic carbocycles. The van der Waals surface area contributed by atoms with Crippen LogP contribution in [0.15, 0.2) is 36.4 Å². The van der Waals surface area contributed by atoms with Crippen LogP contribution in [0, 0.1) is 17.8 Å². The van der Waals surface area contributed by atoms with Crippen LogP contribution in [0.5, 0.6) is 5.75 Å². The third-order valence-corrected chi connectivity index (χ3v) is 5.29. The number of carbonyl (C=O) groups is 2. The van der Waals surface area contributed by atoms with Gasteiger partial charge in [0, 0.05) is 6.04 Å². The summed E-state index contributed by atoms with van der Waals surface area (Å²) in [7, 11) is 1.55. The first-order valence-electron chi connectivity index (χ1n) is 8.71. The van der Waals surface area contributed by atoms with E-state index in [0.717, 1.165) is 5.56 Å². The minimum Gasteiger partial charge on any atom is -0.497 e. The van der Waals surface area contributed by atoms with E-state index in [1.807, 2.05) is 23.5 Å². The van der Waals surface area contributed by atoms with Gasteiger partial charge in [0.05, 0.1) is 19.1 Å². The van der Waals surface area contributed by atoms with Gasteiger partial charge in [0.15, 0.2) is 0 Å². The molecule has 1 saturated carbocycles. The summed E-state index contributed by atoms with van der Waals surface area (Å²) in [4.78, 5) is 24.1. The van der Waals surface area contributed by atoms with Crippen molar-refractivity contribution in [3.8, 4) is 5.75 Å². The Morgan fingerprint density at radius 3 is 2.37 bits per heavy atom.